The van der Waals surface area contributed by atoms with E-state index < -0.39 is 0 Å². The summed E-state index contributed by atoms with van der Waals surface area (Å²) in [5.41, 5.74) is 1.24. The zero-order chi connectivity index (χ0) is 13.0. The van der Waals surface area contributed by atoms with Crippen LogP contribution in [0.5, 0.6) is 5.75 Å². The zero-order valence-electron chi connectivity index (χ0n) is 11.6. The van der Waals surface area contributed by atoms with Gasteiger partial charge < -0.3 is 5.11 Å². The highest BCUT2D eigenvalue weighted by Gasteiger charge is 2.23. The molecule has 18 heavy (non-hydrogen) atoms. The maximum Gasteiger partial charge on any atom is 0.115 e. The van der Waals surface area contributed by atoms with E-state index in [1.807, 2.05) is 12.1 Å². The number of nitrogens with zero attached hydrogens (tertiary/aromatic N) is 1. The van der Waals surface area contributed by atoms with Crippen LogP contribution in [0, 0.1) is 0 Å². The lowest BCUT2D eigenvalue weighted by Crippen LogP contribution is -2.44. The van der Waals surface area contributed by atoms with Gasteiger partial charge in [-0.05, 0) is 63.8 Å². The molecule has 1 aromatic rings. The molecule has 100 valence electrons. The van der Waals surface area contributed by atoms with Crippen LogP contribution in [0.3, 0.4) is 0 Å². The summed E-state index contributed by atoms with van der Waals surface area (Å²) in [6.07, 6.45) is 6.31. The third-order valence-electron chi connectivity index (χ3n) is 4.17. The van der Waals surface area contributed by atoms with Gasteiger partial charge in [-0.15, -0.1) is 0 Å². The second-order valence-corrected chi connectivity index (χ2v) is 5.64. The molecule has 0 amide bonds. The van der Waals surface area contributed by atoms with E-state index in [1.54, 1.807) is 6.07 Å². The number of benzene rings is 1. The Kier molecular flexibility index (Phi) is 4.65. The lowest BCUT2D eigenvalue weighted by Gasteiger charge is -2.39. The first-order chi connectivity index (χ1) is 8.66. The first kappa shape index (κ1) is 13.4. The van der Waals surface area contributed by atoms with Gasteiger partial charge in [-0.25, -0.2) is 0 Å². The van der Waals surface area contributed by atoms with Crippen LogP contribution in [-0.4, -0.2) is 28.6 Å². The minimum absolute atomic E-state index is 0.382. The van der Waals surface area contributed by atoms with Gasteiger partial charge in [0.05, 0.1) is 0 Å². The minimum atomic E-state index is 0.382. The standard InChI is InChI=1S/C16H25NO/c1-13-6-3-7-14(2)17(13)11-5-9-15-8-4-10-16(18)12-15/h4,8,10,12-14,18H,3,5-7,9,11H2,1-2H3. The van der Waals surface area contributed by atoms with Crippen LogP contribution in [0.25, 0.3) is 0 Å². The van der Waals surface area contributed by atoms with Crippen LogP contribution in [0.4, 0.5) is 0 Å². The van der Waals surface area contributed by atoms with Crippen molar-refractivity contribution in [3.8, 4) is 5.75 Å². The number of phenolic OH excluding ortho intramolecular Hbond substituents is 1. The van der Waals surface area contributed by atoms with Crippen LogP contribution in [0.1, 0.15) is 45.1 Å². The van der Waals surface area contributed by atoms with E-state index in [-0.39, 0.29) is 0 Å². The van der Waals surface area contributed by atoms with Gasteiger partial charge in [-0.2, -0.15) is 0 Å². The highest BCUT2D eigenvalue weighted by molar-refractivity contribution is 5.27. The topological polar surface area (TPSA) is 23.5 Å². The molecule has 1 saturated heterocycles. The van der Waals surface area contributed by atoms with Crippen molar-refractivity contribution in [1.82, 2.24) is 4.90 Å². The van der Waals surface area contributed by atoms with Crippen molar-refractivity contribution < 1.29 is 5.11 Å². The highest BCUT2D eigenvalue weighted by Crippen LogP contribution is 2.23. The summed E-state index contributed by atoms with van der Waals surface area (Å²) in [4.78, 5) is 2.65. The molecule has 0 radical (unpaired) electrons. The summed E-state index contributed by atoms with van der Waals surface area (Å²) < 4.78 is 0. The van der Waals surface area contributed by atoms with Gasteiger partial charge in [0, 0.05) is 12.1 Å². The smallest absolute Gasteiger partial charge is 0.115 e. The van der Waals surface area contributed by atoms with Crippen molar-refractivity contribution in [2.75, 3.05) is 6.54 Å². The Labute approximate surface area is 111 Å². The largest absolute Gasteiger partial charge is 0.508 e. The quantitative estimate of drug-likeness (QED) is 0.879. The summed E-state index contributed by atoms with van der Waals surface area (Å²) in [6, 6.07) is 9.11. The summed E-state index contributed by atoms with van der Waals surface area (Å²) in [5.74, 6) is 0.382. The maximum absolute atomic E-state index is 9.43. The summed E-state index contributed by atoms with van der Waals surface area (Å²) in [6.45, 7) is 5.88. The average molecular weight is 247 g/mol. The Morgan fingerprint density at radius 2 is 1.94 bits per heavy atom. The number of hydrogen-bond acceptors (Lipinski definition) is 2. The predicted molar refractivity (Wildman–Crippen MR) is 75.9 cm³/mol. The summed E-state index contributed by atoms with van der Waals surface area (Å²) in [7, 11) is 0. The Bertz CT molecular complexity index is 367. The van der Waals surface area contributed by atoms with Crippen LogP contribution < -0.4 is 0 Å². The first-order valence-electron chi connectivity index (χ1n) is 7.20. The lowest BCUT2D eigenvalue weighted by molar-refractivity contribution is 0.102. The molecule has 0 aliphatic carbocycles. The summed E-state index contributed by atoms with van der Waals surface area (Å²) in [5, 5.41) is 9.43. The SMILES string of the molecule is CC1CCCC(C)N1CCCc1cccc(O)c1. The van der Waals surface area contributed by atoms with Gasteiger partial charge >= 0.3 is 0 Å². The minimum Gasteiger partial charge on any atom is -0.508 e. The molecule has 1 heterocycles. The first-order valence-corrected chi connectivity index (χ1v) is 7.20. The van der Waals surface area contributed by atoms with Crippen molar-refractivity contribution in [1.29, 1.82) is 0 Å². The van der Waals surface area contributed by atoms with Crippen molar-refractivity contribution >= 4 is 0 Å². The second-order valence-electron chi connectivity index (χ2n) is 5.64. The van der Waals surface area contributed by atoms with Gasteiger partial charge in [-0.1, -0.05) is 18.6 Å². The van der Waals surface area contributed by atoms with Crippen LogP contribution in [0.15, 0.2) is 24.3 Å². The molecular weight excluding hydrogens is 222 g/mol. The van der Waals surface area contributed by atoms with Crippen molar-refractivity contribution in [2.24, 2.45) is 0 Å². The molecule has 1 fully saturated rings. The highest BCUT2D eigenvalue weighted by atomic mass is 16.3. The molecule has 2 unspecified atom stereocenters. The van der Waals surface area contributed by atoms with Crippen LogP contribution in [-0.2, 0) is 6.42 Å². The van der Waals surface area contributed by atoms with E-state index in [2.05, 4.69) is 24.8 Å². The van der Waals surface area contributed by atoms with E-state index >= 15 is 0 Å². The number of phenols is 1. The molecule has 2 atom stereocenters. The summed E-state index contributed by atoms with van der Waals surface area (Å²) >= 11 is 0. The Morgan fingerprint density at radius 1 is 1.22 bits per heavy atom. The molecule has 2 rings (SSSR count). The fraction of sp³-hybridized carbons (Fsp3) is 0.625. The Balaban J connectivity index is 1.81. The molecule has 0 bridgehead atoms. The number of hydrogen-bond donors (Lipinski definition) is 1. The molecule has 1 aromatic carbocycles. The molecule has 2 heteroatoms. The van der Waals surface area contributed by atoms with Crippen molar-refractivity contribution in [2.45, 2.75) is 58.0 Å². The van der Waals surface area contributed by atoms with Crippen molar-refractivity contribution in [3.63, 3.8) is 0 Å². The number of piperidine rings is 1. The van der Waals surface area contributed by atoms with Crippen molar-refractivity contribution in [3.05, 3.63) is 29.8 Å². The molecule has 1 aliphatic rings. The zero-order valence-corrected chi connectivity index (χ0v) is 11.6. The van der Waals surface area contributed by atoms with Crippen LogP contribution in [0.2, 0.25) is 0 Å². The maximum atomic E-state index is 9.43. The van der Waals surface area contributed by atoms with Gasteiger partial charge in [0.1, 0.15) is 5.75 Å². The molecule has 2 nitrogen and oxygen atoms in total. The molecular formula is C16H25NO. The van der Waals surface area contributed by atoms with Gasteiger partial charge in [0.25, 0.3) is 0 Å². The van der Waals surface area contributed by atoms with Gasteiger partial charge in [0.15, 0.2) is 0 Å². The molecule has 1 aliphatic heterocycles. The monoisotopic (exact) mass is 247 g/mol. The third-order valence-corrected chi connectivity index (χ3v) is 4.17. The predicted octanol–water partition coefficient (Wildman–Crippen LogP) is 3.59. The second kappa shape index (κ2) is 6.24. The average Bonchev–Trinajstić information content (AvgIpc) is 2.33. The number of aromatic hydroxyl groups is 1. The third kappa shape index (κ3) is 3.49. The van der Waals surface area contributed by atoms with E-state index in [4.69, 9.17) is 0 Å². The van der Waals surface area contributed by atoms with Gasteiger partial charge in [-0.3, -0.25) is 4.90 Å². The van der Waals surface area contributed by atoms with E-state index in [9.17, 15) is 5.11 Å². The lowest BCUT2D eigenvalue weighted by atomic mass is 9.97. The molecule has 1 N–H and O–H groups in total. The van der Waals surface area contributed by atoms with Gasteiger partial charge in [0.2, 0.25) is 0 Å². The normalized spacial score (nSPS) is 25.2. The fourth-order valence-corrected chi connectivity index (χ4v) is 3.09. The fourth-order valence-electron chi connectivity index (χ4n) is 3.09. The molecule has 0 spiro atoms. The molecule has 0 saturated carbocycles. The number of aryl methyl sites for hydroxylation is 1. The van der Waals surface area contributed by atoms with Crippen LogP contribution >= 0.6 is 0 Å². The number of rotatable bonds is 4. The van der Waals surface area contributed by atoms with E-state index in [0.717, 1.165) is 18.5 Å². The molecule has 0 aromatic heterocycles. The Morgan fingerprint density at radius 3 is 2.61 bits per heavy atom. The van der Waals surface area contributed by atoms with E-state index in [0.29, 0.717) is 5.75 Å². The Hall–Kier alpha value is -1.02. The van der Waals surface area contributed by atoms with E-state index in [1.165, 1.54) is 37.8 Å². The number of likely N-dealkylation sites (tertiary alicyclic amines) is 1.